The average Bonchev–Trinajstić information content (AvgIpc) is 2.54. The molecule has 0 N–H and O–H groups in total. The number of benzene rings is 2. The minimum absolute atomic E-state index is 0.0817. The molecule has 0 atom stereocenters. The van der Waals surface area contributed by atoms with Crippen molar-refractivity contribution in [3.05, 3.63) is 69.5 Å². The number of nitro benzene ring substituents is 1. The summed E-state index contributed by atoms with van der Waals surface area (Å²) in [5.74, 6) is -0.770. The summed E-state index contributed by atoms with van der Waals surface area (Å²) in [6.07, 6.45) is 1.49. The van der Waals surface area contributed by atoms with Crippen LogP contribution in [-0.2, 0) is 6.42 Å². The van der Waals surface area contributed by atoms with Crippen LogP contribution in [0.4, 0.5) is 15.8 Å². The van der Waals surface area contributed by atoms with Gasteiger partial charge in [-0.25, -0.2) is 4.39 Å². The number of aryl methyl sites for hydroxylation is 1. The van der Waals surface area contributed by atoms with Gasteiger partial charge < -0.3 is 4.90 Å². The molecule has 0 spiro atoms. The van der Waals surface area contributed by atoms with Gasteiger partial charge in [0.1, 0.15) is 5.82 Å². The molecule has 22 heavy (non-hydrogen) atoms. The quantitative estimate of drug-likeness (QED) is 0.631. The first kappa shape index (κ1) is 14.2. The number of carbonyl (C=O) groups is 1. The molecule has 1 aliphatic rings. The Morgan fingerprint density at radius 1 is 1.18 bits per heavy atom. The van der Waals surface area contributed by atoms with E-state index in [0.29, 0.717) is 17.8 Å². The van der Waals surface area contributed by atoms with E-state index in [1.54, 1.807) is 6.07 Å². The van der Waals surface area contributed by atoms with Gasteiger partial charge in [0, 0.05) is 24.2 Å². The highest BCUT2D eigenvalue weighted by Gasteiger charge is 2.26. The van der Waals surface area contributed by atoms with Crippen LogP contribution in [0, 0.1) is 15.9 Å². The second-order valence-electron chi connectivity index (χ2n) is 5.11. The Labute approximate surface area is 126 Å². The van der Waals surface area contributed by atoms with Crippen LogP contribution in [0.1, 0.15) is 22.3 Å². The highest BCUT2D eigenvalue weighted by molar-refractivity contribution is 6.06. The molecule has 1 aliphatic heterocycles. The van der Waals surface area contributed by atoms with Crippen molar-refractivity contribution in [1.29, 1.82) is 0 Å². The van der Waals surface area contributed by atoms with Crippen molar-refractivity contribution in [3.63, 3.8) is 0 Å². The summed E-state index contributed by atoms with van der Waals surface area (Å²) in [6, 6.07) is 10.1. The molecule has 112 valence electrons. The zero-order valence-electron chi connectivity index (χ0n) is 11.7. The molecule has 0 radical (unpaired) electrons. The maximum atomic E-state index is 14.1. The number of anilines is 1. The molecule has 0 aromatic heterocycles. The predicted octanol–water partition coefficient (Wildman–Crippen LogP) is 3.33. The van der Waals surface area contributed by atoms with Gasteiger partial charge in [-0.05, 0) is 36.6 Å². The topological polar surface area (TPSA) is 63.4 Å². The average molecular weight is 300 g/mol. The van der Waals surface area contributed by atoms with Gasteiger partial charge in [-0.3, -0.25) is 14.9 Å². The fourth-order valence-electron chi connectivity index (χ4n) is 2.69. The zero-order chi connectivity index (χ0) is 15.7. The molecule has 2 aromatic carbocycles. The number of hydrogen-bond acceptors (Lipinski definition) is 3. The molecule has 5 nitrogen and oxygen atoms in total. The summed E-state index contributed by atoms with van der Waals surface area (Å²) in [4.78, 5) is 24.1. The van der Waals surface area contributed by atoms with Crippen molar-refractivity contribution in [3.8, 4) is 0 Å². The molecule has 6 heteroatoms. The number of nitro groups is 1. The highest BCUT2D eigenvalue weighted by atomic mass is 19.1. The van der Waals surface area contributed by atoms with Crippen molar-refractivity contribution in [2.75, 3.05) is 11.4 Å². The van der Waals surface area contributed by atoms with Crippen LogP contribution >= 0.6 is 0 Å². The molecular formula is C16H13FN2O3. The Bertz CT molecular complexity index is 744. The van der Waals surface area contributed by atoms with E-state index in [9.17, 15) is 19.3 Å². The number of non-ortho nitro benzene ring substituents is 1. The SMILES string of the molecule is O=C(c1ccc([N+](=O)[O-])cc1)N1CCCc2cccc(F)c21. The first-order valence-electron chi connectivity index (χ1n) is 6.91. The molecule has 2 aromatic rings. The summed E-state index contributed by atoms with van der Waals surface area (Å²) in [6.45, 7) is 0.434. The molecule has 0 saturated heterocycles. The smallest absolute Gasteiger partial charge is 0.269 e. The van der Waals surface area contributed by atoms with Crippen molar-refractivity contribution < 1.29 is 14.1 Å². The van der Waals surface area contributed by atoms with Crippen LogP contribution in [0.2, 0.25) is 0 Å². The van der Waals surface area contributed by atoms with Crippen LogP contribution in [0.5, 0.6) is 0 Å². The monoisotopic (exact) mass is 300 g/mol. The number of fused-ring (bicyclic) bond motifs is 1. The summed E-state index contributed by atoms with van der Waals surface area (Å²) in [7, 11) is 0. The van der Waals surface area contributed by atoms with Crippen molar-refractivity contribution in [2.45, 2.75) is 12.8 Å². The Hall–Kier alpha value is -2.76. The van der Waals surface area contributed by atoms with E-state index in [1.807, 2.05) is 6.07 Å². The van der Waals surface area contributed by atoms with E-state index in [1.165, 1.54) is 35.2 Å². The zero-order valence-corrected chi connectivity index (χ0v) is 11.7. The maximum Gasteiger partial charge on any atom is 0.269 e. The number of rotatable bonds is 2. The fraction of sp³-hybridized carbons (Fsp3) is 0.188. The molecule has 0 aliphatic carbocycles. The standard InChI is InChI=1S/C16H13FN2O3/c17-14-5-1-3-11-4-2-10-18(15(11)14)16(20)12-6-8-13(9-7-12)19(21)22/h1,3,5-9H,2,4,10H2. The van der Waals surface area contributed by atoms with E-state index in [2.05, 4.69) is 0 Å². The van der Waals surface area contributed by atoms with Gasteiger partial charge >= 0.3 is 0 Å². The number of amides is 1. The second kappa shape index (κ2) is 5.55. The lowest BCUT2D eigenvalue weighted by Crippen LogP contribution is -2.36. The third kappa shape index (κ3) is 2.43. The first-order valence-corrected chi connectivity index (χ1v) is 6.91. The predicted molar refractivity (Wildman–Crippen MR) is 79.5 cm³/mol. The molecule has 1 amide bonds. The number of halogens is 1. The Morgan fingerprint density at radius 3 is 2.59 bits per heavy atom. The van der Waals surface area contributed by atoms with Gasteiger partial charge in [-0.15, -0.1) is 0 Å². The molecule has 0 saturated carbocycles. The lowest BCUT2D eigenvalue weighted by molar-refractivity contribution is -0.384. The highest BCUT2D eigenvalue weighted by Crippen LogP contribution is 2.31. The van der Waals surface area contributed by atoms with Crippen LogP contribution in [0.15, 0.2) is 42.5 Å². The molecule has 0 fully saturated rings. The third-order valence-corrected chi connectivity index (χ3v) is 3.74. The molecule has 0 unspecified atom stereocenters. The van der Waals surface area contributed by atoms with Gasteiger partial charge in [0.15, 0.2) is 0 Å². The summed E-state index contributed by atoms with van der Waals surface area (Å²) < 4.78 is 14.1. The summed E-state index contributed by atoms with van der Waals surface area (Å²) in [5, 5.41) is 10.7. The molecular weight excluding hydrogens is 287 g/mol. The lowest BCUT2D eigenvalue weighted by atomic mass is 10.0. The van der Waals surface area contributed by atoms with E-state index in [0.717, 1.165) is 18.4 Å². The van der Waals surface area contributed by atoms with Gasteiger partial charge in [-0.1, -0.05) is 12.1 Å². The minimum Gasteiger partial charge on any atom is -0.305 e. The Balaban J connectivity index is 1.95. The normalized spacial score (nSPS) is 13.6. The van der Waals surface area contributed by atoms with Crippen molar-refractivity contribution >= 4 is 17.3 Å². The van der Waals surface area contributed by atoms with Gasteiger partial charge in [-0.2, -0.15) is 0 Å². The lowest BCUT2D eigenvalue weighted by Gasteiger charge is -2.29. The van der Waals surface area contributed by atoms with Gasteiger partial charge in [0.25, 0.3) is 11.6 Å². The Kier molecular flexibility index (Phi) is 3.58. The first-order chi connectivity index (χ1) is 10.6. The fourth-order valence-corrected chi connectivity index (χ4v) is 2.69. The van der Waals surface area contributed by atoms with E-state index in [4.69, 9.17) is 0 Å². The molecule has 1 heterocycles. The van der Waals surface area contributed by atoms with Crippen LogP contribution in [0.3, 0.4) is 0 Å². The maximum absolute atomic E-state index is 14.1. The number of hydrogen-bond donors (Lipinski definition) is 0. The Morgan fingerprint density at radius 2 is 1.91 bits per heavy atom. The summed E-state index contributed by atoms with van der Waals surface area (Å²) in [5.41, 5.74) is 1.35. The van der Waals surface area contributed by atoms with Crippen LogP contribution in [0.25, 0.3) is 0 Å². The second-order valence-corrected chi connectivity index (χ2v) is 5.11. The number of para-hydroxylation sites is 1. The number of nitrogens with zero attached hydrogens (tertiary/aromatic N) is 2. The number of carbonyl (C=O) groups excluding carboxylic acids is 1. The molecule has 0 bridgehead atoms. The van der Waals surface area contributed by atoms with Crippen molar-refractivity contribution in [2.24, 2.45) is 0 Å². The van der Waals surface area contributed by atoms with E-state index >= 15 is 0 Å². The van der Waals surface area contributed by atoms with E-state index < -0.39 is 10.7 Å². The van der Waals surface area contributed by atoms with Crippen LogP contribution < -0.4 is 4.90 Å². The summed E-state index contributed by atoms with van der Waals surface area (Å²) >= 11 is 0. The minimum atomic E-state index is -0.524. The van der Waals surface area contributed by atoms with Crippen LogP contribution in [-0.4, -0.2) is 17.4 Å². The molecule has 3 rings (SSSR count). The van der Waals surface area contributed by atoms with E-state index in [-0.39, 0.29) is 11.6 Å². The largest absolute Gasteiger partial charge is 0.305 e. The van der Waals surface area contributed by atoms with Gasteiger partial charge in [0.05, 0.1) is 10.6 Å². The van der Waals surface area contributed by atoms with Crippen molar-refractivity contribution in [1.82, 2.24) is 0 Å². The third-order valence-electron chi connectivity index (χ3n) is 3.74. The van der Waals surface area contributed by atoms with Gasteiger partial charge in [0.2, 0.25) is 0 Å².